The number of aryl methyl sites for hydroxylation is 1. The first-order chi connectivity index (χ1) is 16.6. The summed E-state index contributed by atoms with van der Waals surface area (Å²) < 4.78 is 0. The third-order valence-corrected chi connectivity index (χ3v) is 6.53. The molecule has 1 fully saturated rings. The largest absolute Gasteiger partial charge is 0.341 e. The van der Waals surface area contributed by atoms with Crippen LogP contribution in [-0.4, -0.2) is 56.8 Å². The zero-order valence-electron chi connectivity index (χ0n) is 21.1. The van der Waals surface area contributed by atoms with Gasteiger partial charge in [0.2, 0.25) is 0 Å². The number of fused-ring (bicyclic) bond motifs is 1. The zero-order chi connectivity index (χ0) is 24.5. The Morgan fingerprint density at radius 3 is 2.76 bits per heavy atom. The van der Waals surface area contributed by atoms with Gasteiger partial charge in [-0.3, -0.25) is 14.7 Å². The molecule has 0 aromatic carbocycles. The van der Waals surface area contributed by atoms with Gasteiger partial charge in [-0.25, -0.2) is 4.98 Å². The summed E-state index contributed by atoms with van der Waals surface area (Å²) in [4.78, 5) is 30.1. The summed E-state index contributed by atoms with van der Waals surface area (Å²) in [5.41, 5.74) is 9.94. The number of hydrogen-bond acceptors (Lipinski definition) is 5. The Labute approximate surface area is 204 Å². The molecule has 0 spiro atoms. The summed E-state index contributed by atoms with van der Waals surface area (Å²) in [7, 11) is 2.12. The molecule has 2 aromatic heterocycles. The number of carbonyl (C=O) groups excluding carboxylic acids is 1. The molecule has 2 aromatic rings. The van der Waals surface area contributed by atoms with Crippen molar-refractivity contribution >= 4 is 11.5 Å². The lowest BCUT2D eigenvalue weighted by Crippen LogP contribution is -2.43. The minimum Gasteiger partial charge on any atom is -0.341 e. The van der Waals surface area contributed by atoms with Crippen LogP contribution in [0.2, 0.25) is 0 Å². The van der Waals surface area contributed by atoms with E-state index in [0.717, 1.165) is 37.2 Å². The number of nitrogens with two attached hydrogens (primary N) is 1. The van der Waals surface area contributed by atoms with Gasteiger partial charge in [-0.05, 0) is 63.8 Å². The topological polar surface area (TPSA) is 91.1 Å². The lowest BCUT2D eigenvalue weighted by atomic mass is 9.91. The minimum atomic E-state index is 0.0314. The zero-order valence-corrected chi connectivity index (χ0v) is 21.1. The molecule has 4 rings (SSSR count). The standard InChI is InChI=1S/C25H34N6O.C2H6/c1-3-4-9-20(25(32)31-14-11-19(26)12-15-31)21-16-28-23(29-21)17-30(2)22-10-5-7-18-8-6-13-27-24(18)22;1-2/h3-4,6,8-9,13,16,19,22H,5,7,10-12,14-15,17,26H2,1-2H3,(H,28,29);1-2H3/b4-3-,20-9+;. The number of allylic oxidation sites excluding steroid dienone is 3. The molecule has 1 aliphatic heterocycles. The van der Waals surface area contributed by atoms with Gasteiger partial charge in [-0.15, -0.1) is 0 Å². The molecule has 3 heterocycles. The van der Waals surface area contributed by atoms with Crippen molar-refractivity contribution < 1.29 is 4.79 Å². The number of H-pyrrole nitrogens is 1. The number of nitrogens with zero attached hydrogens (tertiary/aromatic N) is 4. The molecular formula is C27H40N6O. The molecule has 0 bridgehead atoms. The predicted octanol–water partition coefficient (Wildman–Crippen LogP) is 4.25. The van der Waals surface area contributed by atoms with E-state index in [1.54, 1.807) is 6.20 Å². The number of aromatic nitrogens is 3. The highest BCUT2D eigenvalue weighted by Gasteiger charge is 2.27. The van der Waals surface area contributed by atoms with Crippen LogP contribution in [0.3, 0.4) is 0 Å². The summed E-state index contributed by atoms with van der Waals surface area (Å²) >= 11 is 0. The van der Waals surface area contributed by atoms with Crippen LogP contribution in [0.25, 0.3) is 5.57 Å². The van der Waals surface area contributed by atoms with Gasteiger partial charge in [0.05, 0.1) is 35.7 Å². The highest BCUT2D eigenvalue weighted by molar-refractivity contribution is 6.19. The molecule has 1 aliphatic carbocycles. The van der Waals surface area contributed by atoms with Gasteiger partial charge in [0, 0.05) is 25.3 Å². The third-order valence-electron chi connectivity index (χ3n) is 6.53. The van der Waals surface area contributed by atoms with E-state index in [4.69, 9.17) is 5.73 Å². The van der Waals surface area contributed by atoms with Crippen LogP contribution in [-0.2, 0) is 17.8 Å². The van der Waals surface area contributed by atoms with Crippen LogP contribution < -0.4 is 5.73 Å². The second-order valence-electron chi connectivity index (χ2n) is 8.85. The smallest absolute Gasteiger partial charge is 0.256 e. The molecule has 3 N–H and O–H groups in total. The highest BCUT2D eigenvalue weighted by Crippen LogP contribution is 2.32. The van der Waals surface area contributed by atoms with Crippen molar-refractivity contribution in [1.82, 2.24) is 24.8 Å². The number of imidazole rings is 1. The number of likely N-dealkylation sites (tertiary alicyclic amines) is 1. The van der Waals surface area contributed by atoms with Crippen molar-refractivity contribution in [2.45, 2.75) is 71.5 Å². The van der Waals surface area contributed by atoms with Crippen molar-refractivity contribution in [3.8, 4) is 0 Å². The summed E-state index contributed by atoms with van der Waals surface area (Å²) in [6, 6.07) is 4.68. The van der Waals surface area contributed by atoms with Gasteiger partial charge in [-0.1, -0.05) is 32.1 Å². The van der Waals surface area contributed by atoms with Crippen molar-refractivity contribution in [2.75, 3.05) is 20.1 Å². The van der Waals surface area contributed by atoms with Crippen LogP contribution in [0.15, 0.2) is 42.8 Å². The van der Waals surface area contributed by atoms with Crippen molar-refractivity contribution in [3.63, 3.8) is 0 Å². The van der Waals surface area contributed by atoms with E-state index < -0.39 is 0 Å². The van der Waals surface area contributed by atoms with Gasteiger partial charge in [-0.2, -0.15) is 0 Å². The van der Waals surface area contributed by atoms with Gasteiger partial charge in [0.15, 0.2) is 0 Å². The van der Waals surface area contributed by atoms with E-state index in [1.165, 1.54) is 17.7 Å². The molecule has 184 valence electrons. The number of carbonyl (C=O) groups is 1. The molecule has 0 saturated carbocycles. The molecule has 0 radical (unpaired) electrons. The van der Waals surface area contributed by atoms with Crippen molar-refractivity contribution in [3.05, 3.63) is 65.5 Å². The van der Waals surface area contributed by atoms with Crippen molar-refractivity contribution in [1.29, 1.82) is 0 Å². The number of pyridine rings is 1. The Balaban J connectivity index is 0.00000158. The van der Waals surface area contributed by atoms with Gasteiger partial charge in [0.25, 0.3) is 5.91 Å². The molecule has 2 aliphatic rings. The van der Waals surface area contributed by atoms with Crippen LogP contribution in [0.5, 0.6) is 0 Å². The number of aromatic amines is 1. The molecule has 7 nitrogen and oxygen atoms in total. The second-order valence-corrected chi connectivity index (χ2v) is 8.85. The van der Waals surface area contributed by atoms with E-state index in [9.17, 15) is 4.79 Å². The fraction of sp³-hybridized carbons (Fsp3) is 0.519. The molecule has 1 saturated heterocycles. The Bertz CT molecular complexity index is 987. The van der Waals surface area contributed by atoms with E-state index in [-0.39, 0.29) is 18.0 Å². The normalized spacial score (nSPS) is 19.2. The fourth-order valence-electron chi connectivity index (χ4n) is 4.68. The lowest BCUT2D eigenvalue weighted by molar-refractivity contribution is -0.126. The minimum absolute atomic E-state index is 0.0314. The van der Waals surface area contributed by atoms with E-state index in [0.29, 0.717) is 25.2 Å². The maximum absolute atomic E-state index is 13.2. The first-order valence-corrected chi connectivity index (χ1v) is 12.6. The molecule has 1 unspecified atom stereocenters. The average molecular weight is 465 g/mol. The number of nitrogens with one attached hydrogen (secondary N) is 1. The highest BCUT2D eigenvalue weighted by atomic mass is 16.2. The van der Waals surface area contributed by atoms with Crippen LogP contribution in [0.4, 0.5) is 0 Å². The summed E-state index contributed by atoms with van der Waals surface area (Å²) in [5, 5.41) is 0. The quantitative estimate of drug-likeness (QED) is 0.493. The molecule has 1 amide bonds. The average Bonchev–Trinajstić information content (AvgIpc) is 3.33. The molecule has 1 atom stereocenters. The Kier molecular flexibility index (Phi) is 9.60. The number of amides is 1. The fourth-order valence-corrected chi connectivity index (χ4v) is 4.68. The van der Waals surface area contributed by atoms with E-state index in [2.05, 4.69) is 33.0 Å². The Hall–Kier alpha value is -2.77. The predicted molar refractivity (Wildman–Crippen MR) is 138 cm³/mol. The second kappa shape index (κ2) is 12.6. The third kappa shape index (κ3) is 6.21. The maximum atomic E-state index is 13.2. The molecule has 34 heavy (non-hydrogen) atoms. The first kappa shape index (κ1) is 25.8. The summed E-state index contributed by atoms with van der Waals surface area (Å²) in [6.07, 6.45) is 14.4. The Morgan fingerprint density at radius 1 is 1.26 bits per heavy atom. The molecule has 7 heteroatoms. The lowest BCUT2D eigenvalue weighted by Gasteiger charge is -2.31. The SMILES string of the molecule is C/C=C\C=C(\C(=O)N1CCC(N)CC1)c1cnc(CN(C)C2CCCc3cccnc32)[nH]1.CC. The van der Waals surface area contributed by atoms with Gasteiger partial charge >= 0.3 is 0 Å². The van der Waals surface area contributed by atoms with Crippen LogP contribution >= 0.6 is 0 Å². The van der Waals surface area contributed by atoms with E-state index in [1.807, 2.05) is 56.2 Å². The number of hydrogen-bond donors (Lipinski definition) is 2. The first-order valence-electron chi connectivity index (χ1n) is 12.6. The summed E-state index contributed by atoms with van der Waals surface area (Å²) in [6.45, 7) is 8.02. The summed E-state index contributed by atoms with van der Waals surface area (Å²) in [5.74, 6) is 0.884. The van der Waals surface area contributed by atoms with E-state index >= 15 is 0 Å². The van der Waals surface area contributed by atoms with Crippen LogP contribution in [0.1, 0.15) is 75.3 Å². The number of rotatable bonds is 6. The van der Waals surface area contributed by atoms with Crippen LogP contribution in [0, 0.1) is 0 Å². The molecular weight excluding hydrogens is 424 g/mol. The maximum Gasteiger partial charge on any atom is 0.256 e. The van der Waals surface area contributed by atoms with Gasteiger partial charge in [0.1, 0.15) is 5.82 Å². The van der Waals surface area contributed by atoms with Crippen molar-refractivity contribution in [2.24, 2.45) is 5.73 Å². The van der Waals surface area contributed by atoms with Gasteiger partial charge < -0.3 is 15.6 Å². The Morgan fingerprint density at radius 2 is 2.03 bits per heavy atom. The number of piperidine rings is 1. The monoisotopic (exact) mass is 464 g/mol.